The van der Waals surface area contributed by atoms with Gasteiger partial charge in [-0.25, -0.2) is 4.79 Å². The third-order valence-corrected chi connectivity index (χ3v) is 4.90. The van der Waals surface area contributed by atoms with E-state index in [2.05, 4.69) is 0 Å². The van der Waals surface area contributed by atoms with Gasteiger partial charge in [0.15, 0.2) is 0 Å². The largest absolute Gasteiger partial charge is 0.495 e. The van der Waals surface area contributed by atoms with Crippen LogP contribution in [0.15, 0.2) is 54.6 Å². The number of ether oxygens (including phenoxy) is 1. The zero-order valence-electron chi connectivity index (χ0n) is 15.1. The van der Waals surface area contributed by atoms with Crippen molar-refractivity contribution >= 4 is 18.6 Å². The molecule has 0 aromatic heterocycles. The van der Waals surface area contributed by atoms with E-state index < -0.39 is 18.3 Å². The second-order valence-electron chi connectivity index (χ2n) is 7.24. The van der Waals surface area contributed by atoms with Gasteiger partial charge in [0.1, 0.15) is 6.61 Å². The summed E-state index contributed by atoms with van der Waals surface area (Å²) < 4.78 is 17.6. The normalized spacial score (nSPS) is 18.2. The topological polar surface area (TPSA) is 44.8 Å². The number of carbonyl (C=O) groups excluding carboxylic acids is 1. The Morgan fingerprint density at radius 1 is 0.920 bits per heavy atom. The van der Waals surface area contributed by atoms with Gasteiger partial charge in [-0.3, -0.25) is 0 Å². The summed E-state index contributed by atoms with van der Waals surface area (Å²) in [5.41, 5.74) is 1.19. The first-order valence-corrected chi connectivity index (χ1v) is 8.46. The van der Waals surface area contributed by atoms with Crippen LogP contribution in [0.4, 0.5) is 0 Å². The highest BCUT2D eigenvalue weighted by Gasteiger charge is 2.52. The van der Waals surface area contributed by atoms with Crippen LogP contribution in [-0.4, -0.2) is 24.3 Å². The van der Waals surface area contributed by atoms with Crippen LogP contribution in [0.25, 0.3) is 0 Å². The molecule has 1 saturated heterocycles. The molecule has 0 unspecified atom stereocenters. The Morgan fingerprint density at radius 3 is 2.12 bits per heavy atom. The van der Waals surface area contributed by atoms with Crippen LogP contribution in [0.1, 0.15) is 43.6 Å². The number of hydrogen-bond donors (Lipinski definition) is 0. The van der Waals surface area contributed by atoms with Gasteiger partial charge in [0, 0.05) is 0 Å². The Labute approximate surface area is 149 Å². The molecule has 1 fully saturated rings. The van der Waals surface area contributed by atoms with Gasteiger partial charge >= 0.3 is 13.1 Å². The second-order valence-corrected chi connectivity index (χ2v) is 7.24. The Hall–Kier alpha value is -2.11. The molecule has 0 N–H and O–H groups in total. The molecule has 5 heteroatoms. The number of benzene rings is 2. The molecule has 0 aliphatic carbocycles. The highest BCUT2D eigenvalue weighted by atomic mass is 16.7. The first kappa shape index (κ1) is 17.7. The molecule has 0 spiro atoms. The molecule has 1 aliphatic heterocycles. The number of carbonyl (C=O) groups is 1. The molecule has 0 bridgehead atoms. The van der Waals surface area contributed by atoms with Crippen LogP contribution in [0, 0.1) is 0 Å². The van der Waals surface area contributed by atoms with Gasteiger partial charge < -0.3 is 14.0 Å². The van der Waals surface area contributed by atoms with Crippen molar-refractivity contribution in [1.82, 2.24) is 0 Å². The van der Waals surface area contributed by atoms with Crippen LogP contribution in [-0.2, 0) is 20.7 Å². The molecule has 0 atom stereocenters. The predicted molar refractivity (Wildman–Crippen MR) is 97.7 cm³/mol. The van der Waals surface area contributed by atoms with Crippen molar-refractivity contribution in [1.29, 1.82) is 0 Å². The number of esters is 1. The monoisotopic (exact) mass is 338 g/mol. The minimum Gasteiger partial charge on any atom is -0.457 e. The van der Waals surface area contributed by atoms with Gasteiger partial charge in [0.25, 0.3) is 0 Å². The van der Waals surface area contributed by atoms with Crippen molar-refractivity contribution < 1.29 is 18.8 Å². The Bertz CT molecular complexity index is 739. The number of hydrogen-bond acceptors (Lipinski definition) is 4. The van der Waals surface area contributed by atoms with E-state index in [4.69, 9.17) is 14.0 Å². The SMILES string of the molecule is CC1(C)OB(c2ccccc2C(=O)OCc2ccccc2)OC1(C)C. The summed E-state index contributed by atoms with van der Waals surface area (Å²) >= 11 is 0. The fourth-order valence-electron chi connectivity index (χ4n) is 2.66. The molecule has 1 aliphatic rings. The van der Waals surface area contributed by atoms with Crippen molar-refractivity contribution in [2.24, 2.45) is 0 Å². The minimum absolute atomic E-state index is 0.234. The van der Waals surface area contributed by atoms with E-state index in [-0.39, 0.29) is 12.6 Å². The van der Waals surface area contributed by atoms with Gasteiger partial charge in [-0.2, -0.15) is 0 Å². The quantitative estimate of drug-likeness (QED) is 0.634. The fourth-order valence-corrected chi connectivity index (χ4v) is 2.66. The summed E-state index contributed by atoms with van der Waals surface area (Å²) in [7, 11) is -0.592. The van der Waals surface area contributed by atoms with Crippen molar-refractivity contribution in [2.75, 3.05) is 0 Å². The molecule has 25 heavy (non-hydrogen) atoms. The van der Waals surface area contributed by atoms with E-state index in [1.165, 1.54) is 0 Å². The average Bonchev–Trinajstić information content (AvgIpc) is 2.81. The molecule has 3 rings (SSSR count). The maximum atomic E-state index is 12.6. The zero-order chi connectivity index (χ0) is 18.1. The third-order valence-electron chi connectivity index (χ3n) is 4.90. The highest BCUT2D eigenvalue weighted by Crippen LogP contribution is 2.36. The molecule has 1 heterocycles. The Kier molecular flexibility index (Phi) is 4.72. The molecule has 130 valence electrons. The molecule has 2 aromatic rings. The summed E-state index contributed by atoms with van der Waals surface area (Å²) in [4.78, 5) is 12.6. The van der Waals surface area contributed by atoms with E-state index in [1.54, 1.807) is 6.07 Å². The second kappa shape index (κ2) is 6.66. The lowest BCUT2D eigenvalue weighted by Crippen LogP contribution is -2.41. The average molecular weight is 338 g/mol. The first-order chi connectivity index (χ1) is 11.8. The maximum Gasteiger partial charge on any atom is 0.495 e. The van der Waals surface area contributed by atoms with Crippen molar-refractivity contribution in [3.8, 4) is 0 Å². The van der Waals surface area contributed by atoms with Crippen molar-refractivity contribution in [3.05, 3.63) is 65.7 Å². The number of rotatable bonds is 4. The third kappa shape index (κ3) is 3.62. The lowest BCUT2D eigenvalue weighted by Gasteiger charge is -2.32. The first-order valence-electron chi connectivity index (χ1n) is 8.46. The summed E-state index contributed by atoms with van der Waals surface area (Å²) in [6.07, 6.45) is 0. The van der Waals surface area contributed by atoms with Gasteiger partial charge in [-0.1, -0.05) is 48.5 Å². The smallest absolute Gasteiger partial charge is 0.457 e. The van der Waals surface area contributed by atoms with Crippen LogP contribution >= 0.6 is 0 Å². The molecular weight excluding hydrogens is 315 g/mol. The maximum absolute atomic E-state index is 12.6. The molecule has 4 nitrogen and oxygen atoms in total. The van der Waals surface area contributed by atoms with Gasteiger partial charge in [0.2, 0.25) is 0 Å². The Balaban J connectivity index is 1.78. The van der Waals surface area contributed by atoms with Crippen LogP contribution < -0.4 is 5.46 Å². The molecular formula is C20H23BO4. The fraction of sp³-hybridized carbons (Fsp3) is 0.350. The highest BCUT2D eigenvalue weighted by molar-refractivity contribution is 6.63. The van der Waals surface area contributed by atoms with Gasteiger partial charge in [-0.15, -0.1) is 0 Å². The van der Waals surface area contributed by atoms with E-state index in [0.717, 1.165) is 5.56 Å². The van der Waals surface area contributed by atoms with E-state index in [1.807, 2.05) is 76.2 Å². The van der Waals surface area contributed by atoms with E-state index in [0.29, 0.717) is 11.0 Å². The van der Waals surface area contributed by atoms with Crippen LogP contribution in [0.2, 0.25) is 0 Å². The Morgan fingerprint density at radius 2 is 1.48 bits per heavy atom. The van der Waals surface area contributed by atoms with E-state index >= 15 is 0 Å². The molecule has 0 saturated carbocycles. The lowest BCUT2D eigenvalue weighted by molar-refractivity contribution is 0.00578. The lowest BCUT2D eigenvalue weighted by atomic mass is 9.76. The zero-order valence-corrected chi connectivity index (χ0v) is 15.1. The minimum atomic E-state index is -0.592. The molecule has 0 radical (unpaired) electrons. The van der Waals surface area contributed by atoms with Gasteiger partial charge in [0.05, 0.1) is 16.8 Å². The summed E-state index contributed by atoms with van der Waals surface area (Å²) in [6.45, 7) is 8.19. The summed E-state index contributed by atoms with van der Waals surface area (Å²) in [5, 5.41) is 0. The standard InChI is InChI=1S/C20H23BO4/c1-19(2)20(3,4)25-21(24-19)17-13-9-8-12-16(17)18(22)23-14-15-10-6-5-7-11-15/h5-13H,14H2,1-4H3. The summed E-state index contributed by atoms with van der Waals surface area (Å²) in [5.74, 6) is -0.380. The van der Waals surface area contributed by atoms with Crippen LogP contribution in [0.3, 0.4) is 0 Å². The van der Waals surface area contributed by atoms with E-state index in [9.17, 15) is 4.79 Å². The van der Waals surface area contributed by atoms with Crippen LogP contribution in [0.5, 0.6) is 0 Å². The van der Waals surface area contributed by atoms with Gasteiger partial charge in [-0.05, 0) is 44.8 Å². The summed E-state index contributed by atoms with van der Waals surface area (Å²) in [6, 6.07) is 16.9. The molecule has 0 amide bonds. The predicted octanol–water partition coefficient (Wildman–Crippen LogP) is 3.34. The molecule has 2 aromatic carbocycles. The van der Waals surface area contributed by atoms with Crippen molar-refractivity contribution in [3.63, 3.8) is 0 Å². The van der Waals surface area contributed by atoms with Crippen molar-refractivity contribution in [2.45, 2.75) is 45.5 Å².